The van der Waals surface area contributed by atoms with Crippen LogP contribution in [-0.2, 0) is 4.74 Å². The Morgan fingerprint density at radius 2 is 2.00 bits per heavy atom. The first-order valence-electron chi connectivity index (χ1n) is 8.64. The minimum atomic E-state index is -0.355. The van der Waals surface area contributed by atoms with E-state index >= 15 is 0 Å². The summed E-state index contributed by atoms with van der Waals surface area (Å²) in [4.78, 5) is 15.7. The molecular weight excluding hydrogens is 310 g/mol. The minimum absolute atomic E-state index is 0.102. The third kappa shape index (κ3) is 2.71. The first kappa shape index (κ1) is 15.7. The summed E-state index contributed by atoms with van der Waals surface area (Å²) < 4.78 is 11.4. The minimum Gasteiger partial charge on any atom is -0.489 e. The lowest BCUT2D eigenvalue weighted by Gasteiger charge is -2.48. The van der Waals surface area contributed by atoms with Crippen molar-refractivity contribution in [2.75, 3.05) is 44.4 Å². The van der Waals surface area contributed by atoms with Gasteiger partial charge >= 0.3 is 0 Å². The highest BCUT2D eigenvalue weighted by Crippen LogP contribution is 2.41. The topological polar surface area (TPSA) is 68.1 Å². The second-order valence-corrected chi connectivity index (χ2v) is 6.86. The fourth-order valence-corrected chi connectivity index (χ4v) is 4.20. The third-order valence-electron chi connectivity index (χ3n) is 5.40. The van der Waals surface area contributed by atoms with E-state index in [1.165, 1.54) is 0 Å². The van der Waals surface area contributed by atoms with Gasteiger partial charge in [0.2, 0.25) is 0 Å². The Morgan fingerprint density at radius 1 is 1.21 bits per heavy atom. The highest BCUT2D eigenvalue weighted by molar-refractivity contribution is 5.69. The van der Waals surface area contributed by atoms with Gasteiger partial charge in [0.05, 0.1) is 22.7 Å². The molecule has 1 aromatic rings. The van der Waals surface area contributed by atoms with E-state index in [2.05, 4.69) is 9.80 Å². The predicted molar refractivity (Wildman–Crippen MR) is 89.9 cm³/mol. The van der Waals surface area contributed by atoms with Gasteiger partial charge in [0.25, 0.3) is 5.69 Å². The first-order chi connectivity index (χ1) is 11.6. The van der Waals surface area contributed by atoms with Crippen molar-refractivity contribution in [3.63, 3.8) is 0 Å². The summed E-state index contributed by atoms with van der Waals surface area (Å²) >= 11 is 0. The molecule has 2 saturated heterocycles. The Balaban J connectivity index is 1.55. The summed E-state index contributed by atoms with van der Waals surface area (Å²) in [5.41, 5.74) is 2.05. The van der Waals surface area contributed by atoms with Crippen molar-refractivity contribution in [3.05, 3.63) is 27.8 Å². The van der Waals surface area contributed by atoms with Crippen LogP contribution in [0.15, 0.2) is 12.1 Å². The summed E-state index contributed by atoms with van der Waals surface area (Å²) in [5, 5.41) is 11.1. The molecule has 3 aliphatic rings. The zero-order valence-corrected chi connectivity index (χ0v) is 13.9. The van der Waals surface area contributed by atoms with Crippen LogP contribution in [0.25, 0.3) is 0 Å². The molecule has 7 heteroatoms. The van der Waals surface area contributed by atoms with Gasteiger partial charge < -0.3 is 14.4 Å². The van der Waals surface area contributed by atoms with Crippen LogP contribution in [0.4, 0.5) is 11.4 Å². The molecule has 1 aromatic carbocycles. The van der Waals surface area contributed by atoms with Crippen LogP contribution in [-0.4, -0.2) is 61.4 Å². The Labute approximate surface area is 141 Å². The molecule has 0 saturated carbocycles. The Bertz CT molecular complexity index is 645. The number of nitro benzene ring substituents is 1. The number of benzene rings is 1. The van der Waals surface area contributed by atoms with E-state index in [9.17, 15) is 10.1 Å². The maximum Gasteiger partial charge on any atom is 0.273 e. The number of non-ortho nitro benzene ring substituents is 1. The van der Waals surface area contributed by atoms with Gasteiger partial charge in [0, 0.05) is 45.0 Å². The molecule has 0 aromatic heterocycles. The van der Waals surface area contributed by atoms with Gasteiger partial charge in [0.1, 0.15) is 12.4 Å². The largest absolute Gasteiger partial charge is 0.489 e. The molecule has 0 N–H and O–H groups in total. The molecule has 0 aliphatic carbocycles. The van der Waals surface area contributed by atoms with E-state index < -0.39 is 0 Å². The van der Waals surface area contributed by atoms with Crippen molar-refractivity contribution < 1.29 is 14.4 Å². The second kappa shape index (κ2) is 6.22. The Morgan fingerprint density at radius 3 is 2.75 bits per heavy atom. The average molecular weight is 333 g/mol. The highest BCUT2D eigenvalue weighted by atomic mass is 16.6. The summed E-state index contributed by atoms with van der Waals surface area (Å²) in [6.07, 6.45) is 2.21. The zero-order valence-electron chi connectivity index (χ0n) is 13.9. The molecule has 0 bridgehead atoms. The second-order valence-electron chi connectivity index (χ2n) is 6.86. The van der Waals surface area contributed by atoms with Crippen LogP contribution < -0.4 is 9.64 Å². The predicted octanol–water partition coefficient (Wildman–Crippen LogP) is 1.97. The van der Waals surface area contributed by atoms with E-state index in [0.717, 1.165) is 56.9 Å². The maximum atomic E-state index is 11.1. The Hall–Kier alpha value is -1.86. The van der Waals surface area contributed by atoms with Crippen molar-refractivity contribution in [2.24, 2.45) is 0 Å². The normalized spacial score (nSPS) is 24.9. The van der Waals surface area contributed by atoms with Crippen LogP contribution in [0, 0.1) is 17.0 Å². The van der Waals surface area contributed by atoms with Crippen molar-refractivity contribution in [1.82, 2.24) is 4.90 Å². The standard InChI is InChI=1S/C17H23N3O4/c1-12-8-14(20(21)22)9-16-17(12)19-5-4-18(10-15(19)11-24-16)13-2-6-23-7-3-13/h8-9,13,15H,2-7,10-11H2,1H3/t15-/m0/s1. The lowest BCUT2D eigenvalue weighted by Crippen LogP contribution is -2.60. The molecule has 130 valence electrons. The first-order valence-corrected chi connectivity index (χ1v) is 8.64. The number of nitro groups is 1. The van der Waals surface area contributed by atoms with Crippen LogP contribution in [0.5, 0.6) is 5.75 Å². The van der Waals surface area contributed by atoms with E-state index in [0.29, 0.717) is 24.4 Å². The van der Waals surface area contributed by atoms with Crippen LogP contribution in [0.1, 0.15) is 18.4 Å². The molecule has 1 atom stereocenters. The van der Waals surface area contributed by atoms with Crippen LogP contribution >= 0.6 is 0 Å². The van der Waals surface area contributed by atoms with Gasteiger partial charge in [-0.15, -0.1) is 0 Å². The van der Waals surface area contributed by atoms with Gasteiger partial charge in [-0.3, -0.25) is 15.0 Å². The quantitative estimate of drug-likeness (QED) is 0.609. The maximum absolute atomic E-state index is 11.1. The van der Waals surface area contributed by atoms with Gasteiger partial charge in [0.15, 0.2) is 0 Å². The van der Waals surface area contributed by atoms with Gasteiger partial charge in [-0.1, -0.05) is 0 Å². The van der Waals surface area contributed by atoms with Crippen molar-refractivity contribution in [3.8, 4) is 5.75 Å². The zero-order chi connectivity index (χ0) is 16.7. The lowest BCUT2D eigenvalue weighted by molar-refractivity contribution is -0.385. The molecule has 7 nitrogen and oxygen atoms in total. The summed E-state index contributed by atoms with van der Waals surface area (Å²) in [6, 6.07) is 4.13. The Kier molecular flexibility index (Phi) is 4.05. The third-order valence-corrected chi connectivity index (χ3v) is 5.40. The van der Waals surface area contributed by atoms with Gasteiger partial charge in [-0.05, 0) is 25.3 Å². The van der Waals surface area contributed by atoms with Gasteiger partial charge in [-0.25, -0.2) is 0 Å². The molecule has 0 spiro atoms. The van der Waals surface area contributed by atoms with Crippen LogP contribution in [0.3, 0.4) is 0 Å². The van der Waals surface area contributed by atoms with Crippen molar-refractivity contribution >= 4 is 11.4 Å². The van der Waals surface area contributed by atoms with Gasteiger partial charge in [-0.2, -0.15) is 0 Å². The molecule has 0 radical (unpaired) electrons. The summed E-state index contributed by atoms with van der Waals surface area (Å²) in [7, 11) is 0. The number of anilines is 1. The fourth-order valence-electron chi connectivity index (χ4n) is 4.20. The molecule has 2 fully saturated rings. The number of fused-ring (bicyclic) bond motifs is 3. The number of ether oxygens (including phenoxy) is 2. The fraction of sp³-hybridized carbons (Fsp3) is 0.647. The SMILES string of the molecule is Cc1cc([N+](=O)[O-])cc2c1N1CCN(C3CCOCC3)C[C@H]1CO2. The highest BCUT2D eigenvalue weighted by Gasteiger charge is 2.37. The number of hydrogen-bond donors (Lipinski definition) is 0. The molecule has 0 amide bonds. The number of hydrogen-bond acceptors (Lipinski definition) is 6. The van der Waals surface area contributed by atoms with E-state index in [1.807, 2.05) is 6.92 Å². The van der Waals surface area contributed by atoms with Crippen molar-refractivity contribution in [2.45, 2.75) is 31.8 Å². The number of nitrogens with zero attached hydrogens (tertiary/aromatic N) is 3. The lowest BCUT2D eigenvalue weighted by atomic mass is 10.0. The number of piperazine rings is 1. The van der Waals surface area contributed by atoms with Crippen LogP contribution in [0.2, 0.25) is 0 Å². The smallest absolute Gasteiger partial charge is 0.273 e. The summed E-state index contributed by atoms with van der Waals surface area (Å²) in [5.74, 6) is 0.650. The van der Waals surface area contributed by atoms with Crippen molar-refractivity contribution in [1.29, 1.82) is 0 Å². The molecule has 0 unspecified atom stereocenters. The van der Waals surface area contributed by atoms with E-state index in [4.69, 9.17) is 9.47 Å². The molecule has 3 aliphatic heterocycles. The molecule has 4 rings (SSSR count). The summed E-state index contributed by atoms with van der Waals surface area (Å²) in [6.45, 7) is 7.19. The average Bonchev–Trinajstić information content (AvgIpc) is 2.61. The number of rotatable bonds is 2. The molecular formula is C17H23N3O4. The molecule has 24 heavy (non-hydrogen) atoms. The van der Waals surface area contributed by atoms with E-state index in [1.54, 1.807) is 12.1 Å². The monoisotopic (exact) mass is 333 g/mol. The number of aryl methyl sites for hydroxylation is 1. The molecule has 3 heterocycles. The van der Waals surface area contributed by atoms with E-state index in [-0.39, 0.29) is 10.6 Å².